The number of carbonyl (C=O) groups is 2. The maximum absolute atomic E-state index is 12.4. The lowest BCUT2D eigenvalue weighted by Gasteiger charge is -2.16. The Morgan fingerprint density at radius 2 is 1.23 bits per heavy atom. The molecule has 156 valence electrons. The number of ketones is 2. The van der Waals surface area contributed by atoms with Gasteiger partial charge < -0.3 is 9.84 Å². The summed E-state index contributed by atoms with van der Waals surface area (Å²) in [6.45, 7) is 5.39. The van der Waals surface area contributed by atoms with E-state index in [2.05, 4.69) is 0 Å². The van der Waals surface area contributed by atoms with E-state index >= 15 is 0 Å². The van der Waals surface area contributed by atoms with Gasteiger partial charge in [0.25, 0.3) is 0 Å². The van der Waals surface area contributed by atoms with Crippen LogP contribution in [0.1, 0.15) is 53.2 Å². The van der Waals surface area contributed by atoms with Crippen molar-refractivity contribution < 1.29 is 19.4 Å². The van der Waals surface area contributed by atoms with Crippen LogP contribution in [0, 0.1) is 0 Å². The molecule has 0 aromatic heterocycles. The zero-order valence-electron chi connectivity index (χ0n) is 17.6. The molecule has 0 aliphatic rings. The summed E-state index contributed by atoms with van der Waals surface area (Å²) < 4.78 is 5.59. The number of carbonyl (C=O) groups excluding carboxylic acids is 2. The third-order valence-electron chi connectivity index (χ3n) is 4.32. The first-order chi connectivity index (χ1) is 14.3. The summed E-state index contributed by atoms with van der Waals surface area (Å²) in [6.07, 6.45) is -0.515. The zero-order chi connectivity index (χ0) is 22.0. The Morgan fingerprint density at radius 3 is 1.67 bits per heavy atom. The van der Waals surface area contributed by atoms with E-state index in [1.807, 2.05) is 73.7 Å². The first-order valence-corrected chi connectivity index (χ1v) is 9.92. The van der Waals surface area contributed by atoms with E-state index in [9.17, 15) is 14.7 Å². The molecule has 0 amide bonds. The number of benzene rings is 3. The van der Waals surface area contributed by atoms with Gasteiger partial charge in [-0.3, -0.25) is 9.59 Å². The summed E-state index contributed by atoms with van der Waals surface area (Å²) in [7, 11) is 0. The normalized spacial score (nSPS) is 11.7. The second-order valence-corrected chi connectivity index (χ2v) is 7.23. The molecular formula is C26H28O4. The molecule has 0 radical (unpaired) electrons. The molecule has 3 rings (SSSR count). The summed E-state index contributed by atoms with van der Waals surface area (Å²) >= 11 is 0. The number of rotatable bonds is 7. The molecule has 4 nitrogen and oxygen atoms in total. The number of Topliss-reactive ketones (excluding diaryl/α,β-unsaturated/α-hetero) is 2. The highest BCUT2D eigenvalue weighted by Gasteiger charge is 2.24. The van der Waals surface area contributed by atoms with Crippen molar-refractivity contribution in [3.05, 3.63) is 108 Å². The van der Waals surface area contributed by atoms with Gasteiger partial charge in [-0.15, -0.1) is 0 Å². The second-order valence-electron chi connectivity index (χ2n) is 7.23. The minimum Gasteiger partial charge on any atom is -0.382 e. The van der Waals surface area contributed by atoms with Gasteiger partial charge in [-0.1, -0.05) is 91.0 Å². The van der Waals surface area contributed by atoms with Crippen LogP contribution in [0.3, 0.4) is 0 Å². The molecule has 0 spiro atoms. The molecule has 0 aliphatic heterocycles. The summed E-state index contributed by atoms with van der Waals surface area (Å²) in [5.41, 5.74) is 0.847. The van der Waals surface area contributed by atoms with Crippen molar-refractivity contribution in [2.24, 2.45) is 0 Å². The topological polar surface area (TPSA) is 63.6 Å². The largest absolute Gasteiger partial charge is 0.382 e. The van der Waals surface area contributed by atoms with Crippen LogP contribution in [0.25, 0.3) is 0 Å². The van der Waals surface area contributed by atoms with E-state index in [1.54, 1.807) is 24.3 Å². The smallest absolute Gasteiger partial charge is 0.196 e. The third-order valence-corrected chi connectivity index (χ3v) is 4.32. The van der Waals surface area contributed by atoms with E-state index < -0.39 is 11.7 Å². The van der Waals surface area contributed by atoms with Crippen LogP contribution in [0.5, 0.6) is 0 Å². The molecule has 1 N–H and O–H groups in total. The molecule has 0 aliphatic carbocycles. The number of hydrogen-bond donors (Lipinski definition) is 1. The highest BCUT2D eigenvalue weighted by atomic mass is 16.5. The minimum atomic E-state index is -1.28. The number of hydrogen-bond acceptors (Lipinski definition) is 4. The zero-order valence-corrected chi connectivity index (χ0v) is 17.6. The van der Waals surface area contributed by atoms with Gasteiger partial charge in [-0.25, -0.2) is 0 Å². The average Bonchev–Trinajstić information content (AvgIpc) is 2.78. The first kappa shape index (κ1) is 23.2. The lowest BCUT2D eigenvalue weighted by Crippen LogP contribution is -2.30. The molecule has 4 heteroatoms. The summed E-state index contributed by atoms with van der Waals surface area (Å²) in [6, 6.07) is 27.6. The quantitative estimate of drug-likeness (QED) is 0.544. The fourth-order valence-electron chi connectivity index (χ4n) is 2.81. The second kappa shape index (κ2) is 11.2. The fraction of sp³-hybridized carbons (Fsp3) is 0.231. The predicted octanol–water partition coefficient (Wildman–Crippen LogP) is 5.29. The van der Waals surface area contributed by atoms with Gasteiger partial charge in [0.1, 0.15) is 11.7 Å². The molecule has 1 atom stereocenters. The van der Waals surface area contributed by atoms with E-state index in [4.69, 9.17) is 4.74 Å². The van der Waals surface area contributed by atoms with Gasteiger partial charge >= 0.3 is 0 Å². The SMILES string of the molecule is CC(C)(O)C(=O)c1ccccc1.CCOC(C(=O)c1ccccc1)c1ccccc1. The maximum atomic E-state index is 12.4. The third kappa shape index (κ3) is 6.76. The van der Waals surface area contributed by atoms with Gasteiger partial charge in [0.2, 0.25) is 0 Å². The van der Waals surface area contributed by atoms with Crippen LogP contribution < -0.4 is 0 Å². The molecule has 0 saturated carbocycles. The monoisotopic (exact) mass is 404 g/mol. The Bertz CT molecular complexity index is 914. The summed E-state index contributed by atoms with van der Waals surface area (Å²) in [5, 5.41) is 9.39. The highest BCUT2D eigenvalue weighted by molar-refractivity contribution is 6.01. The van der Waals surface area contributed by atoms with Gasteiger partial charge in [0.15, 0.2) is 11.6 Å². The molecule has 1 unspecified atom stereocenters. The molecule has 0 heterocycles. The molecule has 0 fully saturated rings. The Hall–Kier alpha value is -3.08. The van der Waals surface area contributed by atoms with E-state index in [-0.39, 0.29) is 11.6 Å². The molecule has 30 heavy (non-hydrogen) atoms. The van der Waals surface area contributed by atoms with Crippen molar-refractivity contribution in [1.82, 2.24) is 0 Å². The predicted molar refractivity (Wildman–Crippen MR) is 119 cm³/mol. The van der Waals surface area contributed by atoms with Crippen LogP contribution in [-0.4, -0.2) is 28.9 Å². The number of aliphatic hydroxyl groups is 1. The highest BCUT2D eigenvalue weighted by Crippen LogP contribution is 2.22. The van der Waals surface area contributed by atoms with Crippen LogP contribution in [0.15, 0.2) is 91.0 Å². The lowest BCUT2D eigenvalue weighted by atomic mass is 9.97. The van der Waals surface area contributed by atoms with Crippen LogP contribution in [-0.2, 0) is 4.74 Å². The molecular weight excluding hydrogens is 376 g/mol. The van der Waals surface area contributed by atoms with E-state index in [1.165, 1.54) is 13.8 Å². The van der Waals surface area contributed by atoms with Gasteiger partial charge in [0.05, 0.1) is 0 Å². The number of ether oxygens (including phenoxy) is 1. The van der Waals surface area contributed by atoms with Crippen LogP contribution >= 0.6 is 0 Å². The minimum absolute atomic E-state index is 0.00338. The van der Waals surface area contributed by atoms with Crippen LogP contribution in [0.2, 0.25) is 0 Å². The first-order valence-electron chi connectivity index (χ1n) is 9.92. The van der Waals surface area contributed by atoms with Crippen LogP contribution in [0.4, 0.5) is 0 Å². The van der Waals surface area contributed by atoms with Gasteiger partial charge in [-0.2, -0.15) is 0 Å². The van der Waals surface area contributed by atoms with Crippen molar-refractivity contribution >= 4 is 11.6 Å². The van der Waals surface area contributed by atoms with Crippen molar-refractivity contribution in [1.29, 1.82) is 0 Å². The molecule has 3 aromatic carbocycles. The maximum Gasteiger partial charge on any atom is 0.196 e. The van der Waals surface area contributed by atoms with Crippen molar-refractivity contribution in [2.75, 3.05) is 6.61 Å². The lowest BCUT2D eigenvalue weighted by molar-refractivity contribution is 0.0452. The fourth-order valence-corrected chi connectivity index (χ4v) is 2.81. The van der Waals surface area contributed by atoms with Crippen molar-refractivity contribution in [3.63, 3.8) is 0 Å². The Morgan fingerprint density at radius 1 is 0.800 bits per heavy atom. The van der Waals surface area contributed by atoms with Gasteiger partial charge in [-0.05, 0) is 26.3 Å². The Balaban J connectivity index is 0.000000232. The van der Waals surface area contributed by atoms with Gasteiger partial charge in [0, 0.05) is 17.7 Å². The molecule has 3 aromatic rings. The Labute approximate surface area is 178 Å². The molecule has 0 saturated heterocycles. The molecule has 0 bridgehead atoms. The summed E-state index contributed by atoms with van der Waals surface area (Å²) in [4.78, 5) is 23.8. The average molecular weight is 405 g/mol. The summed E-state index contributed by atoms with van der Waals surface area (Å²) in [5.74, 6) is -0.244. The van der Waals surface area contributed by atoms with Crippen molar-refractivity contribution in [2.45, 2.75) is 32.5 Å². The standard InChI is InChI=1S/C16H16O2.C10H12O2/c1-2-18-16(14-11-7-4-8-12-14)15(17)13-9-5-3-6-10-13;1-10(2,12)9(11)8-6-4-3-5-7-8/h3-12,16H,2H2,1H3;3-7,12H,1-2H3. The van der Waals surface area contributed by atoms with E-state index in [0.29, 0.717) is 17.7 Å². The van der Waals surface area contributed by atoms with Crippen molar-refractivity contribution in [3.8, 4) is 0 Å². The Kier molecular flexibility index (Phi) is 8.66. The van der Waals surface area contributed by atoms with E-state index in [0.717, 1.165) is 5.56 Å².